The molecule has 0 fully saturated rings. The molecular formula is C21H13N3O3S. The molecule has 0 saturated heterocycles. The highest BCUT2D eigenvalue weighted by atomic mass is 32.1. The zero-order valence-corrected chi connectivity index (χ0v) is 15.3. The molecule has 0 amide bonds. The van der Waals surface area contributed by atoms with E-state index in [-0.39, 0.29) is 6.01 Å². The number of nitrogens with one attached hydrogen (secondary N) is 1. The summed E-state index contributed by atoms with van der Waals surface area (Å²) in [7, 11) is 0. The van der Waals surface area contributed by atoms with Gasteiger partial charge in [0.25, 0.3) is 0 Å². The number of nitrogens with zero attached hydrogens (tertiary/aromatic N) is 2. The summed E-state index contributed by atoms with van der Waals surface area (Å²) in [6.45, 7) is 0. The molecule has 0 unspecified atom stereocenters. The first-order chi connectivity index (χ1) is 13.8. The van der Waals surface area contributed by atoms with Crippen molar-refractivity contribution in [2.24, 2.45) is 0 Å². The first-order valence-corrected chi connectivity index (χ1v) is 9.36. The highest BCUT2D eigenvalue weighted by Gasteiger charge is 2.13. The predicted octanol–water partition coefficient (Wildman–Crippen LogP) is 5.33. The summed E-state index contributed by atoms with van der Waals surface area (Å²) in [5.74, 6) is 1.47. The molecule has 0 atom stereocenters. The molecule has 3 aromatic heterocycles. The smallest absolute Gasteiger partial charge is 0.358 e. The van der Waals surface area contributed by atoms with Gasteiger partial charge in [0.15, 0.2) is 0 Å². The second-order valence-electron chi connectivity index (χ2n) is 6.01. The maximum Gasteiger partial charge on any atom is 0.358 e. The van der Waals surface area contributed by atoms with E-state index in [0.29, 0.717) is 16.0 Å². The van der Waals surface area contributed by atoms with Crippen LogP contribution in [0.1, 0.15) is 0 Å². The maximum atomic E-state index is 12.3. The molecular weight excluding hydrogens is 374 g/mol. The van der Waals surface area contributed by atoms with Crippen molar-refractivity contribution in [3.8, 4) is 11.5 Å². The molecule has 6 nitrogen and oxygen atoms in total. The van der Waals surface area contributed by atoms with Gasteiger partial charge in [-0.15, -0.1) is 11.3 Å². The normalized spacial score (nSPS) is 11.0. The molecule has 1 N–H and O–H groups in total. The van der Waals surface area contributed by atoms with Crippen molar-refractivity contribution in [1.29, 1.82) is 0 Å². The molecule has 0 aliphatic carbocycles. The van der Waals surface area contributed by atoms with Gasteiger partial charge in [-0.1, -0.05) is 18.2 Å². The molecule has 7 heteroatoms. The molecule has 2 aromatic carbocycles. The van der Waals surface area contributed by atoms with Crippen molar-refractivity contribution in [2.75, 3.05) is 5.32 Å². The number of anilines is 2. The number of rotatable bonds is 4. The molecule has 0 aliphatic heterocycles. The van der Waals surface area contributed by atoms with Crippen molar-refractivity contribution in [2.45, 2.75) is 0 Å². The second-order valence-corrected chi connectivity index (χ2v) is 7.01. The van der Waals surface area contributed by atoms with E-state index in [1.807, 2.05) is 66.7 Å². The number of hydrogen-bond donors (Lipinski definition) is 1. The van der Waals surface area contributed by atoms with Crippen molar-refractivity contribution >= 4 is 43.5 Å². The third kappa shape index (κ3) is 3.08. The van der Waals surface area contributed by atoms with Crippen molar-refractivity contribution in [3.63, 3.8) is 0 Å². The Kier molecular flexibility index (Phi) is 3.99. The summed E-state index contributed by atoms with van der Waals surface area (Å²) < 4.78 is 11.6. The number of thiophene rings is 1. The molecule has 3 heterocycles. The number of aromatic nitrogens is 2. The Bertz CT molecular complexity index is 1330. The average Bonchev–Trinajstić information content (AvgIpc) is 3.10. The van der Waals surface area contributed by atoms with Gasteiger partial charge in [0.05, 0.1) is 0 Å². The van der Waals surface area contributed by atoms with E-state index in [1.54, 1.807) is 6.20 Å². The van der Waals surface area contributed by atoms with E-state index < -0.39 is 5.63 Å². The summed E-state index contributed by atoms with van der Waals surface area (Å²) in [5.41, 5.74) is 0.892. The number of hydrogen-bond acceptors (Lipinski definition) is 7. The Balaban J connectivity index is 1.43. The Labute approximate surface area is 163 Å². The van der Waals surface area contributed by atoms with Gasteiger partial charge in [0.1, 0.15) is 26.5 Å². The fraction of sp³-hybridized carbons (Fsp3) is 0. The highest BCUT2D eigenvalue weighted by Crippen LogP contribution is 2.30. The predicted molar refractivity (Wildman–Crippen MR) is 110 cm³/mol. The summed E-state index contributed by atoms with van der Waals surface area (Å²) in [6.07, 6.45) is 1.69. The van der Waals surface area contributed by atoms with Crippen LogP contribution in [0.5, 0.6) is 11.5 Å². The van der Waals surface area contributed by atoms with Crippen LogP contribution >= 0.6 is 11.3 Å². The van der Waals surface area contributed by atoms with E-state index in [9.17, 15) is 4.79 Å². The standard InChI is InChI=1S/C21H13N3O3S/c25-20-18-17(16-7-4-12-22-19(16)28-18)24-21(27-20)23-13-8-10-15(11-9-13)26-14-5-2-1-3-6-14/h1-12H,(H,23,24). The van der Waals surface area contributed by atoms with Crippen LogP contribution < -0.4 is 15.7 Å². The number of para-hydroxylation sites is 1. The van der Waals surface area contributed by atoms with Crippen LogP contribution in [0.2, 0.25) is 0 Å². The molecule has 5 rings (SSSR count). The van der Waals surface area contributed by atoms with E-state index >= 15 is 0 Å². The number of benzene rings is 2. The minimum absolute atomic E-state index is 0.137. The van der Waals surface area contributed by atoms with Gasteiger partial charge in [-0.2, -0.15) is 4.98 Å². The Morgan fingerprint density at radius 1 is 0.929 bits per heavy atom. The number of pyridine rings is 1. The van der Waals surface area contributed by atoms with Crippen LogP contribution in [0.25, 0.3) is 20.4 Å². The largest absolute Gasteiger partial charge is 0.457 e. The van der Waals surface area contributed by atoms with Gasteiger partial charge in [-0.05, 0) is 48.5 Å². The van der Waals surface area contributed by atoms with Gasteiger partial charge < -0.3 is 14.5 Å². The van der Waals surface area contributed by atoms with Crippen LogP contribution in [0.15, 0.2) is 82.1 Å². The minimum atomic E-state index is -0.431. The lowest BCUT2D eigenvalue weighted by atomic mass is 10.3. The third-order valence-electron chi connectivity index (χ3n) is 4.11. The van der Waals surface area contributed by atoms with Crippen molar-refractivity contribution < 1.29 is 9.15 Å². The summed E-state index contributed by atoms with van der Waals surface area (Å²) >= 11 is 1.28. The molecule has 0 bridgehead atoms. The lowest BCUT2D eigenvalue weighted by Crippen LogP contribution is -2.03. The summed E-state index contributed by atoms with van der Waals surface area (Å²) in [6, 6.07) is 20.7. The van der Waals surface area contributed by atoms with Gasteiger partial charge in [0.2, 0.25) is 0 Å². The van der Waals surface area contributed by atoms with Crippen LogP contribution in [0.4, 0.5) is 11.7 Å². The zero-order valence-electron chi connectivity index (χ0n) is 14.5. The topological polar surface area (TPSA) is 77.2 Å². The van der Waals surface area contributed by atoms with Crippen LogP contribution in [0, 0.1) is 0 Å². The third-order valence-corrected chi connectivity index (χ3v) is 5.20. The minimum Gasteiger partial charge on any atom is -0.457 e. The molecule has 0 radical (unpaired) electrons. The molecule has 28 heavy (non-hydrogen) atoms. The summed E-state index contributed by atoms with van der Waals surface area (Å²) in [4.78, 5) is 21.8. The molecule has 0 spiro atoms. The zero-order chi connectivity index (χ0) is 18.9. The number of ether oxygens (including phenoxy) is 1. The monoisotopic (exact) mass is 387 g/mol. The quantitative estimate of drug-likeness (QED) is 0.449. The van der Waals surface area contributed by atoms with E-state index in [4.69, 9.17) is 9.15 Å². The maximum absolute atomic E-state index is 12.3. The van der Waals surface area contributed by atoms with Crippen LogP contribution in [-0.4, -0.2) is 9.97 Å². The Hall–Kier alpha value is -3.71. The lowest BCUT2D eigenvalue weighted by molar-refractivity contribution is 0.482. The highest BCUT2D eigenvalue weighted by molar-refractivity contribution is 7.25. The SMILES string of the molecule is O=c1oc(Nc2ccc(Oc3ccccc3)cc2)nc2c1sc1ncccc12. The van der Waals surface area contributed by atoms with Gasteiger partial charge in [0, 0.05) is 17.3 Å². The first kappa shape index (κ1) is 16.5. The first-order valence-electron chi connectivity index (χ1n) is 8.55. The Morgan fingerprint density at radius 2 is 1.71 bits per heavy atom. The van der Waals surface area contributed by atoms with Crippen LogP contribution in [-0.2, 0) is 0 Å². The summed E-state index contributed by atoms with van der Waals surface area (Å²) in [5, 5.41) is 3.87. The van der Waals surface area contributed by atoms with Crippen LogP contribution in [0.3, 0.4) is 0 Å². The Morgan fingerprint density at radius 3 is 2.54 bits per heavy atom. The molecule has 0 aliphatic rings. The fourth-order valence-electron chi connectivity index (χ4n) is 2.84. The van der Waals surface area contributed by atoms with E-state index in [1.165, 1.54) is 11.3 Å². The van der Waals surface area contributed by atoms with Gasteiger partial charge in [-0.25, -0.2) is 9.78 Å². The molecule has 5 aromatic rings. The van der Waals surface area contributed by atoms with E-state index in [0.717, 1.165) is 21.7 Å². The van der Waals surface area contributed by atoms with Gasteiger partial charge in [-0.3, -0.25) is 0 Å². The van der Waals surface area contributed by atoms with Crippen molar-refractivity contribution in [1.82, 2.24) is 9.97 Å². The average molecular weight is 387 g/mol. The van der Waals surface area contributed by atoms with Gasteiger partial charge >= 0.3 is 11.6 Å². The lowest BCUT2D eigenvalue weighted by Gasteiger charge is -2.07. The second kappa shape index (κ2) is 6.79. The molecule has 0 saturated carbocycles. The van der Waals surface area contributed by atoms with Crippen molar-refractivity contribution in [3.05, 3.63) is 83.3 Å². The van der Waals surface area contributed by atoms with E-state index in [2.05, 4.69) is 15.3 Å². The fourth-order valence-corrected chi connectivity index (χ4v) is 3.79. The number of fused-ring (bicyclic) bond motifs is 3. The molecule has 136 valence electrons.